The molecule has 2 rings (SSSR count). The SMILES string of the molecule is CC1CC(CN)CN1Cc1cc(F)ccc1C#N. The van der Waals surface area contributed by atoms with Crippen LogP contribution in [0.2, 0.25) is 0 Å². The Morgan fingerprint density at radius 1 is 1.56 bits per heavy atom. The van der Waals surface area contributed by atoms with E-state index in [-0.39, 0.29) is 5.82 Å². The molecule has 1 aliphatic heterocycles. The van der Waals surface area contributed by atoms with Crippen molar-refractivity contribution in [1.82, 2.24) is 4.90 Å². The Morgan fingerprint density at radius 2 is 2.33 bits per heavy atom. The molecule has 18 heavy (non-hydrogen) atoms. The zero-order valence-electron chi connectivity index (χ0n) is 10.6. The molecule has 0 spiro atoms. The van der Waals surface area contributed by atoms with Gasteiger partial charge in [-0.2, -0.15) is 5.26 Å². The number of nitrogens with two attached hydrogens (primary N) is 1. The predicted molar refractivity (Wildman–Crippen MR) is 68.1 cm³/mol. The maximum Gasteiger partial charge on any atom is 0.123 e. The van der Waals surface area contributed by atoms with Crippen LogP contribution in [-0.2, 0) is 6.54 Å². The van der Waals surface area contributed by atoms with Crippen LogP contribution in [0.15, 0.2) is 18.2 Å². The van der Waals surface area contributed by atoms with E-state index in [4.69, 9.17) is 11.0 Å². The van der Waals surface area contributed by atoms with Gasteiger partial charge in [0.05, 0.1) is 11.6 Å². The molecule has 2 N–H and O–H groups in total. The molecule has 1 aromatic rings. The second-order valence-electron chi connectivity index (χ2n) is 5.03. The summed E-state index contributed by atoms with van der Waals surface area (Å²) < 4.78 is 13.2. The summed E-state index contributed by atoms with van der Waals surface area (Å²) in [5, 5.41) is 9.04. The molecular weight excluding hydrogens is 229 g/mol. The Morgan fingerprint density at radius 3 is 2.94 bits per heavy atom. The number of nitrogens with zero attached hydrogens (tertiary/aromatic N) is 2. The molecular formula is C14H18FN3. The summed E-state index contributed by atoms with van der Waals surface area (Å²) in [6, 6.07) is 6.90. The van der Waals surface area contributed by atoms with Crippen molar-refractivity contribution in [3.63, 3.8) is 0 Å². The van der Waals surface area contributed by atoms with Gasteiger partial charge in [0.25, 0.3) is 0 Å². The first-order valence-electron chi connectivity index (χ1n) is 6.26. The van der Waals surface area contributed by atoms with Crippen molar-refractivity contribution in [1.29, 1.82) is 5.26 Å². The van der Waals surface area contributed by atoms with Gasteiger partial charge in [-0.25, -0.2) is 4.39 Å². The lowest BCUT2D eigenvalue weighted by molar-refractivity contribution is 0.255. The van der Waals surface area contributed by atoms with Crippen molar-refractivity contribution < 1.29 is 4.39 Å². The smallest absolute Gasteiger partial charge is 0.123 e. The van der Waals surface area contributed by atoms with Gasteiger partial charge in [0.2, 0.25) is 0 Å². The molecule has 96 valence electrons. The molecule has 0 aliphatic carbocycles. The lowest BCUT2D eigenvalue weighted by Gasteiger charge is -2.21. The third-order valence-corrected chi connectivity index (χ3v) is 3.69. The van der Waals surface area contributed by atoms with Crippen molar-refractivity contribution in [2.24, 2.45) is 11.7 Å². The van der Waals surface area contributed by atoms with Gasteiger partial charge in [0, 0.05) is 19.1 Å². The molecule has 0 amide bonds. The fourth-order valence-electron chi connectivity index (χ4n) is 2.63. The highest BCUT2D eigenvalue weighted by Gasteiger charge is 2.28. The lowest BCUT2D eigenvalue weighted by atomic mass is 10.1. The number of likely N-dealkylation sites (tertiary alicyclic amines) is 1. The van der Waals surface area contributed by atoms with Crippen molar-refractivity contribution >= 4 is 0 Å². The summed E-state index contributed by atoms with van der Waals surface area (Å²) in [5.74, 6) is 0.227. The van der Waals surface area contributed by atoms with Crippen LogP contribution in [0, 0.1) is 23.1 Å². The fraction of sp³-hybridized carbons (Fsp3) is 0.500. The number of halogens is 1. The van der Waals surface area contributed by atoms with Gasteiger partial charge in [0.1, 0.15) is 5.82 Å². The molecule has 1 saturated heterocycles. The Hall–Kier alpha value is -1.44. The standard InChI is InChI=1S/C14H18FN3/c1-10-4-11(6-16)8-18(10)9-13-5-14(15)3-2-12(13)7-17/h2-3,5,10-11H,4,6,8-9,16H2,1H3. The second-order valence-corrected chi connectivity index (χ2v) is 5.03. The van der Waals surface area contributed by atoms with Crippen molar-refractivity contribution in [3.8, 4) is 6.07 Å². The van der Waals surface area contributed by atoms with E-state index in [9.17, 15) is 4.39 Å². The predicted octanol–water partition coefficient (Wildman–Crippen LogP) is 1.87. The summed E-state index contributed by atoms with van der Waals surface area (Å²) in [7, 11) is 0. The lowest BCUT2D eigenvalue weighted by Crippen LogP contribution is -2.27. The maximum atomic E-state index is 13.2. The molecule has 0 aromatic heterocycles. The van der Waals surface area contributed by atoms with Gasteiger partial charge >= 0.3 is 0 Å². The molecule has 2 unspecified atom stereocenters. The number of hydrogen-bond donors (Lipinski definition) is 1. The largest absolute Gasteiger partial charge is 0.330 e. The van der Waals surface area contributed by atoms with Crippen LogP contribution in [0.5, 0.6) is 0 Å². The molecule has 4 heteroatoms. The maximum absolute atomic E-state index is 13.2. The van der Waals surface area contributed by atoms with Crippen LogP contribution in [0.4, 0.5) is 4.39 Å². The zero-order valence-corrected chi connectivity index (χ0v) is 10.6. The Labute approximate surface area is 107 Å². The van der Waals surface area contributed by atoms with Gasteiger partial charge in [0.15, 0.2) is 0 Å². The average Bonchev–Trinajstić information content (AvgIpc) is 2.71. The Bertz CT molecular complexity index is 467. The van der Waals surface area contributed by atoms with Crippen LogP contribution in [0.3, 0.4) is 0 Å². The van der Waals surface area contributed by atoms with Crippen molar-refractivity contribution in [2.75, 3.05) is 13.1 Å². The Balaban J connectivity index is 2.15. The zero-order chi connectivity index (χ0) is 13.1. The highest BCUT2D eigenvalue weighted by Crippen LogP contribution is 2.25. The minimum atomic E-state index is -0.286. The molecule has 0 radical (unpaired) electrons. The number of hydrogen-bond acceptors (Lipinski definition) is 3. The fourth-order valence-corrected chi connectivity index (χ4v) is 2.63. The van der Waals surface area contributed by atoms with E-state index in [1.807, 2.05) is 0 Å². The first-order chi connectivity index (χ1) is 8.63. The molecule has 3 nitrogen and oxygen atoms in total. The molecule has 1 heterocycles. The molecule has 1 aromatic carbocycles. The quantitative estimate of drug-likeness (QED) is 0.887. The highest BCUT2D eigenvalue weighted by atomic mass is 19.1. The van der Waals surface area contributed by atoms with Crippen LogP contribution in [-0.4, -0.2) is 24.0 Å². The third kappa shape index (κ3) is 2.69. The van der Waals surface area contributed by atoms with E-state index in [1.54, 1.807) is 6.07 Å². The summed E-state index contributed by atoms with van der Waals surface area (Å²) in [6.45, 7) is 4.40. The third-order valence-electron chi connectivity index (χ3n) is 3.69. The average molecular weight is 247 g/mol. The first kappa shape index (κ1) is 13.0. The normalized spacial score (nSPS) is 24.1. The summed E-state index contributed by atoms with van der Waals surface area (Å²) in [4.78, 5) is 2.27. The first-order valence-corrected chi connectivity index (χ1v) is 6.26. The van der Waals surface area contributed by atoms with E-state index >= 15 is 0 Å². The molecule has 1 fully saturated rings. The summed E-state index contributed by atoms with van der Waals surface area (Å²) in [5.41, 5.74) is 7.01. The highest BCUT2D eigenvalue weighted by molar-refractivity contribution is 5.37. The topological polar surface area (TPSA) is 53.0 Å². The van der Waals surface area contributed by atoms with E-state index in [1.165, 1.54) is 12.1 Å². The Kier molecular flexibility index (Phi) is 3.95. The van der Waals surface area contributed by atoms with Crippen LogP contribution in [0.1, 0.15) is 24.5 Å². The van der Waals surface area contributed by atoms with Gasteiger partial charge in [-0.1, -0.05) is 0 Å². The van der Waals surface area contributed by atoms with E-state index in [0.717, 1.165) is 18.5 Å². The molecule has 1 aliphatic rings. The summed E-state index contributed by atoms with van der Waals surface area (Å²) >= 11 is 0. The van der Waals surface area contributed by atoms with Gasteiger partial charge < -0.3 is 5.73 Å². The van der Waals surface area contributed by atoms with E-state index in [2.05, 4.69) is 17.9 Å². The van der Waals surface area contributed by atoms with Crippen molar-refractivity contribution in [2.45, 2.75) is 25.9 Å². The molecule has 0 saturated carbocycles. The van der Waals surface area contributed by atoms with Crippen LogP contribution in [0.25, 0.3) is 0 Å². The monoisotopic (exact) mass is 247 g/mol. The molecule has 0 bridgehead atoms. The minimum absolute atomic E-state index is 0.286. The van der Waals surface area contributed by atoms with Crippen molar-refractivity contribution in [3.05, 3.63) is 35.1 Å². The van der Waals surface area contributed by atoms with Crippen LogP contribution >= 0.6 is 0 Å². The van der Waals surface area contributed by atoms with Gasteiger partial charge in [-0.05, 0) is 49.6 Å². The number of nitriles is 1. The number of rotatable bonds is 3. The van der Waals surface area contributed by atoms with Gasteiger partial charge in [-0.3, -0.25) is 4.90 Å². The van der Waals surface area contributed by atoms with Gasteiger partial charge in [-0.15, -0.1) is 0 Å². The van der Waals surface area contributed by atoms with E-state index < -0.39 is 0 Å². The van der Waals surface area contributed by atoms with Crippen LogP contribution < -0.4 is 5.73 Å². The second kappa shape index (κ2) is 5.47. The number of benzene rings is 1. The minimum Gasteiger partial charge on any atom is -0.330 e. The van der Waals surface area contributed by atoms with E-state index in [0.29, 0.717) is 30.6 Å². The summed E-state index contributed by atoms with van der Waals surface area (Å²) in [6.07, 6.45) is 1.08. The molecule has 2 atom stereocenters.